The average Bonchev–Trinajstić information content (AvgIpc) is 0.838. The van der Waals surface area contributed by atoms with Gasteiger partial charge in [0, 0.05) is 36.3 Å². The van der Waals surface area contributed by atoms with E-state index in [9.17, 15) is 14.4 Å². The predicted molar refractivity (Wildman–Crippen MR) is 438 cm³/mol. The number of carbonyl (C=O) groups excluding carboxylic acids is 3. The molecule has 0 unspecified atom stereocenters. The van der Waals surface area contributed by atoms with Crippen molar-refractivity contribution in [3.05, 3.63) is 34.9 Å². The van der Waals surface area contributed by atoms with Gasteiger partial charge < -0.3 is 30.7 Å². The first kappa shape index (κ1) is 94.5. The van der Waals surface area contributed by atoms with Gasteiger partial charge in [-0.15, -0.1) is 0 Å². The number of nitrogens with zero attached hydrogens (tertiary/aromatic N) is 3. The van der Waals surface area contributed by atoms with Crippen molar-refractivity contribution < 1.29 is 14.4 Å². The highest BCUT2D eigenvalue weighted by Gasteiger charge is 2.18. The highest BCUT2D eigenvalue weighted by molar-refractivity contribution is 6.04. The number of hydrogen-bond donors (Lipinski definition) is 3. The van der Waals surface area contributed by atoms with Crippen molar-refractivity contribution in [3.63, 3.8) is 0 Å². The van der Waals surface area contributed by atoms with Gasteiger partial charge in [0.1, 0.15) is 0 Å². The Kier molecular flexibility index (Phi) is 73.2. The highest BCUT2D eigenvalue weighted by Crippen LogP contribution is 2.19. The highest BCUT2D eigenvalue weighted by atomic mass is 16.2. The third kappa shape index (κ3) is 63.7. The number of rotatable bonds is 81. The van der Waals surface area contributed by atoms with Crippen LogP contribution in [0.1, 0.15) is 477 Å². The van der Waals surface area contributed by atoms with Gasteiger partial charge in [0.05, 0.1) is 0 Å². The first-order chi connectivity index (χ1) is 48.8. The summed E-state index contributed by atoms with van der Waals surface area (Å²) in [6.45, 7) is 25.2. The zero-order chi connectivity index (χ0) is 71.5. The molecule has 582 valence electrons. The number of nitrogens with one attached hydrogen (secondary N) is 3. The zero-order valence-corrected chi connectivity index (χ0v) is 67.8. The minimum atomic E-state index is -0.209. The molecule has 0 aliphatic heterocycles. The molecular formula is C90H174N6O3. The molecule has 0 aliphatic carbocycles. The van der Waals surface area contributed by atoms with Gasteiger partial charge in [-0.05, 0) is 135 Å². The molecule has 3 N–H and O–H groups in total. The van der Waals surface area contributed by atoms with Crippen LogP contribution in [0.2, 0.25) is 0 Å². The molecule has 0 bridgehead atoms. The second-order valence-electron chi connectivity index (χ2n) is 31.2. The second kappa shape index (κ2) is 76.6. The smallest absolute Gasteiger partial charge is 0.251 e. The Morgan fingerprint density at radius 3 is 0.455 bits per heavy atom. The number of amides is 3. The summed E-state index contributed by atoms with van der Waals surface area (Å²) >= 11 is 0. The zero-order valence-electron chi connectivity index (χ0n) is 67.8. The van der Waals surface area contributed by atoms with Gasteiger partial charge >= 0.3 is 0 Å². The SMILES string of the molecule is CCCCCCCCCCCCN(CCCCCCCCCCCC)CCCNC(=O)c1cc(C(=O)NCCCN(CCCCCCCCCCCC)CCCCCCCCCCCC)cc(C(=O)NCCCN(CCCCCCCCCCCC)CCCCCCCCCCCC)c1. The molecule has 0 fully saturated rings. The average molecular weight is 1390 g/mol. The third-order valence-corrected chi connectivity index (χ3v) is 21.5. The summed E-state index contributed by atoms with van der Waals surface area (Å²) in [5.74, 6) is -0.628. The lowest BCUT2D eigenvalue weighted by atomic mass is 10.0. The van der Waals surface area contributed by atoms with Crippen molar-refractivity contribution >= 4 is 17.7 Å². The second-order valence-corrected chi connectivity index (χ2v) is 31.2. The van der Waals surface area contributed by atoms with E-state index in [0.717, 1.165) is 78.2 Å². The molecule has 0 spiro atoms. The fourth-order valence-corrected chi connectivity index (χ4v) is 14.8. The molecule has 1 rings (SSSR count). The predicted octanol–water partition coefficient (Wildman–Crippen LogP) is 26.5. The molecule has 99 heavy (non-hydrogen) atoms. The molecule has 3 amide bonds. The number of unbranched alkanes of at least 4 members (excludes halogenated alkanes) is 54. The summed E-state index contributed by atoms with van der Waals surface area (Å²) < 4.78 is 0. The van der Waals surface area contributed by atoms with Gasteiger partial charge in [0.2, 0.25) is 0 Å². The van der Waals surface area contributed by atoms with Crippen LogP contribution in [-0.2, 0) is 0 Å². The molecule has 9 nitrogen and oxygen atoms in total. The summed E-state index contributed by atoms with van der Waals surface area (Å²) in [6.07, 6.45) is 83.5. The van der Waals surface area contributed by atoms with Gasteiger partial charge in [-0.1, -0.05) is 388 Å². The number of benzene rings is 1. The summed E-state index contributed by atoms with van der Waals surface area (Å²) in [6, 6.07) is 5.18. The van der Waals surface area contributed by atoms with Crippen molar-refractivity contribution in [2.45, 2.75) is 446 Å². The van der Waals surface area contributed by atoms with Crippen molar-refractivity contribution in [2.75, 3.05) is 78.5 Å². The maximum absolute atomic E-state index is 14.3. The molecule has 0 heterocycles. The Hall–Kier alpha value is -2.49. The molecule has 0 atom stereocenters. The Bertz CT molecular complexity index is 1550. The number of carbonyl (C=O) groups is 3. The van der Waals surface area contributed by atoms with Crippen molar-refractivity contribution in [1.29, 1.82) is 0 Å². The Morgan fingerprint density at radius 1 is 0.192 bits per heavy atom. The Balaban J connectivity index is 3.19. The van der Waals surface area contributed by atoms with Crippen molar-refractivity contribution in [1.82, 2.24) is 30.7 Å². The van der Waals surface area contributed by atoms with Gasteiger partial charge in [-0.25, -0.2) is 0 Å². The van der Waals surface area contributed by atoms with Crippen LogP contribution in [0.3, 0.4) is 0 Å². The molecule has 0 saturated heterocycles. The molecule has 0 radical (unpaired) electrons. The fraction of sp³-hybridized carbons (Fsp3) is 0.900. The maximum Gasteiger partial charge on any atom is 0.251 e. The van der Waals surface area contributed by atoms with Gasteiger partial charge in [-0.3, -0.25) is 14.4 Å². The van der Waals surface area contributed by atoms with Gasteiger partial charge in [0.15, 0.2) is 0 Å². The maximum atomic E-state index is 14.3. The molecule has 0 aliphatic rings. The van der Waals surface area contributed by atoms with Gasteiger partial charge in [0.25, 0.3) is 17.7 Å². The van der Waals surface area contributed by atoms with Crippen LogP contribution < -0.4 is 16.0 Å². The summed E-state index contributed by atoms with van der Waals surface area (Å²) in [5, 5.41) is 9.76. The minimum absolute atomic E-state index is 0.209. The summed E-state index contributed by atoms with van der Waals surface area (Å²) in [5.41, 5.74) is 1.16. The molecule has 1 aromatic carbocycles. The first-order valence-electron chi connectivity index (χ1n) is 45.0. The minimum Gasteiger partial charge on any atom is -0.352 e. The normalized spacial score (nSPS) is 11.7. The Labute approximate surface area is 619 Å². The van der Waals surface area contributed by atoms with Crippen LogP contribution >= 0.6 is 0 Å². The van der Waals surface area contributed by atoms with E-state index >= 15 is 0 Å². The van der Waals surface area contributed by atoms with E-state index in [1.165, 1.54) is 385 Å². The summed E-state index contributed by atoms with van der Waals surface area (Å²) in [4.78, 5) is 50.9. The van der Waals surface area contributed by atoms with E-state index in [1.54, 1.807) is 18.2 Å². The molecule has 0 saturated carbocycles. The topological polar surface area (TPSA) is 97.0 Å². The largest absolute Gasteiger partial charge is 0.352 e. The monoisotopic (exact) mass is 1390 g/mol. The molecule has 1 aromatic rings. The molecular weight excluding hydrogens is 1210 g/mol. The van der Waals surface area contributed by atoms with Crippen LogP contribution in [-0.4, -0.2) is 111 Å². The molecule has 9 heteroatoms. The lowest BCUT2D eigenvalue weighted by Crippen LogP contribution is -2.33. The van der Waals surface area contributed by atoms with E-state index < -0.39 is 0 Å². The van der Waals surface area contributed by atoms with E-state index in [1.807, 2.05) is 0 Å². The standard InChI is InChI=1S/C90H174N6O3/c1-7-13-19-25-31-37-43-49-55-61-73-94(74-62-56-50-44-38-32-26-20-14-8-2)79-67-70-91-88(97)85-82-86(89(98)92-71-68-80-95(75-63-57-51-45-39-33-27-21-15-9-3)76-64-58-52-46-40-34-28-22-16-10-4)84-87(83-85)90(99)93-72-69-81-96(77-65-59-53-47-41-35-29-23-17-11-5)78-66-60-54-48-42-36-30-24-18-12-6/h82-84H,7-81H2,1-6H3,(H,91,97)(H,92,98)(H,93,99). The van der Waals surface area contributed by atoms with E-state index in [2.05, 4.69) is 72.2 Å². The summed E-state index contributed by atoms with van der Waals surface area (Å²) in [7, 11) is 0. The Morgan fingerprint density at radius 2 is 0.313 bits per heavy atom. The lowest BCUT2D eigenvalue weighted by Gasteiger charge is -2.23. The fourth-order valence-electron chi connectivity index (χ4n) is 14.8. The van der Waals surface area contributed by atoms with Crippen LogP contribution in [0.4, 0.5) is 0 Å². The van der Waals surface area contributed by atoms with Crippen molar-refractivity contribution in [2.24, 2.45) is 0 Å². The first-order valence-corrected chi connectivity index (χ1v) is 45.0. The van der Waals surface area contributed by atoms with E-state index in [4.69, 9.17) is 0 Å². The van der Waals surface area contributed by atoms with Crippen LogP contribution in [0, 0.1) is 0 Å². The van der Waals surface area contributed by atoms with E-state index in [0.29, 0.717) is 36.3 Å². The number of hydrogen-bond acceptors (Lipinski definition) is 6. The quantitative estimate of drug-likeness (QED) is 0.0562. The van der Waals surface area contributed by atoms with Gasteiger partial charge in [-0.2, -0.15) is 0 Å². The van der Waals surface area contributed by atoms with Crippen molar-refractivity contribution in [3.8, 4) is 0 Å². The van der Waals surface area contributed by atoms with Crippen LogP contribution in [0.5, 0.6) is 0 Å². The third-order valence-electron chi connectivity index (χ3n) is 21.5. The van der Waals surface area contributed by atoms with Crippen LogP contribution in [0.15, 0.2) is 18.2 Å². The van der Waals surface area contributed by atoms with E-state index in [-0.39, 0.29) is 17.7 Å². The molecule has 0 aromatic heterocycles. The van der Waals surface area contributed by atoms with Crippen LogP contribution in [0.25, 0.3) is 0 Å². The lowest BCUT2D eigenvalue weighted by molar-refractivity contribution is 0.0950.